The van der Waals surface area contributed by atoms with E-state index in [1.165, 1.54) is 11.0 Å². The molecule has 1 aromatic heterocycles. The predicted octanol–water partition coefficient (Wildman–Crippen LogP) is 4.94. The molecule has 4 aromatic rings. The van der Waals surface area contributed by atoms with Gasteiger partial charge < -0.3 is 23.7 Å². The molecule has 0 saturated heterocycles. The smallest absolute Gasteiger partial charge is 0.291 e. The summed E-state index contributed by atoms with van der Waals surface area (Å²) in [5.41, 5.74) is 0.0480. The lowest BCUT2D eigenvalue weighted by atomic mass is 9.83. The Balaban J connectivity index is 1.58. The van der Waals surface area contributed by atoms with Crippen LogP contribution >= 0.6 is 11.6 Å². The number of amides is 2. The fourth-order valence-corrected chi connectivity index (χ4v) is 6.02. The lowest BCUT2D eigenvalue weighted by molar-refractivity contribution is -0.125. The van der Waals surface area contributed by atoms with E-state index in [9.17, 15) is 14.4 Å². The van der Waals surface area contributed by atoms with Crippen LogP contribution < -0.4 is 19.8 Å². The largest absolute Gasteiger partial charge is 0.493 e. The van der Waals surface area contributed by atoms with Gasteiger partial charge in [-0.1, -0.05) is 41.9 Å². The Morgan fingerprint density at radius 2 is 1.77 bits per heavy atom. The minimum Gasteiger partial charge on any atom is -0.493 e. The first kappa shape index (κ1) is 25.7. The maximum atomic E-state index is 14.5. The number of rotatable bonds is 7. The molecule has 1 atom stereocenters. The van der Waals surface area contributed by atoms with E-state index in [1.807, 2.05) is 18.2 Å². The van der Waals surface area contributed by atoms with E-state index >= 15 is 0 Å². The fraction of sp³-hybridized carbons (Fsp3) is 0.194. The number of ether oxygens (including phenoxy) is 2. The number of methoxy groups -OCH3 is 2. The van der Waals surface area contributed by atoms with Crippen molar-refractivity contribution in [1.29, 1.82) is 0 Å². The minimum atomic E-state index is -1.71. The summed E-state index contributed by atoms with van der Waals surface area (Å²) < 4.78 is 16.9. The first-order valence-corrected chi connectivity index (χ1v) is 13.1. The Morgan fingerprint density at radius 3 is 2.52 bits per heavy atom. The lowest BCUT2D eigenvalue weighted by Crippen LogP contribution is -2.54. The molecule has 1 spiro atoms. The van der Waals surface area contributed by atoms with Gasteiger partial charge in [0.2, 0.25) is 5.76 Å². The molecule has 6 rings (SSSR count). The summed E-state index contributed by atoms with van der Waals surface area (Å²) in [4.78, 5) is 45.8. The van der Waals surface area contributed by atoms with Gasteiger partial charge in [0.05, 0.1) is 30.9 Å². The molecular formula is C31H25ClN2O6. The number of fused-ring (bicyclic) bond motifs is 5. The van der Waals surface area contributed by atoms with Crippen molar-refractivity contribution in [2.24, 2.45) is 0 Å². The highest BCUT2D eigenvalue weighted by molar-refractivity contribution is 6.31. The Hall–Kier alpha value is -4.56. The number of hydrogen-bond donors (Lipinski definition) is 0. The van der Waals surface area contributed by atoms with Crippen molar-refractivity contribution in [2.75, 3.05) is 32.2 Å². The monoisotopic (exact) mass is 556 g/mol. The number of nitrogens with zero attached hydrogens (tertiary/aromatic N) is 2. The molecule has 40 heavy (non-hydrogen) atoms. The highest BCUT2D eigenvalue weighted by Crippen LogP contribution is 2.52. The van der Waals surface area contributed by atoms with E-state index < -0.39 is 22.8 Å². The molecule has 0 radical (unpaired) electrons. The number of anilines is 1. The number of hydrogen-bond acceptors (Lipinski definition) is 6. The van der Waals surface area contributed by atoms with Crippen LogP contribution in [-0.2, 0) is 16.8 Å². The van der Waals surface area contributed by atoms with Gasteiger partial charge in [-0.2, -0.15) is 0 Å². The molecule has 0 bridgehead atoms. The maximum absolute atomic E-state index is 14.5. The summed E-state index contributed by atoms with van der Waals surface area (Å²) in [6.07, 6.45) is 1.99. The van der Waals surface area contributed by atoms with Crippen molar-refractivity contribution in [3.63, 3.8) is 0 Å². The van der Waals surface area contributed by atoms with Crippen molar-refractivity contribution >= 4 is 40.1 Å². The van der Waals surface area contributed by atoms with E-state index in [1.54, 1.807) is 61.6 Å². The van der Waals surface area contributed by atoms with Gasteiger partial charge in [0.1, 0.15) is 5.58 Å². The van der Waals surface area contributed by atoms with Gasteiger partial charge in [-0.25, -0.2) is 0 Å². The second-order valence-electron chi connectivity index (χ2n) is 9.60. The van der Waals surface area contributed by atoms with Gasteiger partial charge in [0.25, 0.3) is 11.8 Å². The Labute approximate surface area is 235 Å². The number of halogens is 1. The zero-order chi connectivity index (χ0) is 28.2. The van der Waals surface area contributed by atoms with Gasteiger partial charge in [-0.05, 0) is 48.4 Å². The van der Waals surface area contributed by atoms with Crippen LogP contribution in [-0.4, -0.2) is 44.0 Å². The lowest BCUT2D eigenvalue weighted by Gasteiger charge is -2.34. The van der Waals surface area contributed by atoms with Gasteiger partial charge in [0.15, 0.2) is 22.5 Å². The minimum absolute atomic E-state index is 0.00332. The second-order valence-corrected chi connectivity index (χ2v) is 10.0. The van der Waals surface area contributed by atoms with Crippen molar-refractivity contribution in [2.45, 2.75) is 12.0 Å². The Bertz CT molecular complexity index is 1780. The van der Waals surface area contributed by atoms with Crippen LogP contribution in [0.5, 0.6) is 11.5 Å². The standard InChI is InChI=1S/C31H25ClN2O6/c1-4-14-33-22-8-6-5-7-21(22)31(30(33)37)26-27(35)20-17-19(32)10-12-23(20)40-28(26)29(36)34(31)15-13-18-9-11-24(38-2)25(16-18)39-3/h4-12,16-17H,1,13-15H2,2-3H3. The predicted molar refractivity (Wildman–Crippen MR) is 152 cm³/mol. The summed E-state index contributed by atoms with van der Waals surface area (Å²) in [6, 6.07) is 17.3. The molecule has 2 aliphatic rings. The quantitative estimate of drug-likeness (QED) is 0.300. The van der Waals surface area contributed by atoms with E-state index in [4.69, 9.17) is 25.5 Å². The topological polar surface area (TPSA) is 89.3 Å². The molecule has 0 aliphatic carbocycles. The molecule has 0 saturated carbocycles. The van der Waals surface area contributed by atoms with Gasteiger partial charge >= 0.3 is 0 Å². The van der Waals surface area contributed by atoms with Crippen molar-refractivity contribution in [3.8, 4) is 11.5 Å². The van der Waals surface area contributed by atoms with Crippen LogP contribution in [0.25, 0.3) is 11.0 Å². The number of carbonyl (C=O) groups excluding carboxylic acids is 2. The zero-order valence-electron chi connectivity index (χ0n) is 21.9. The zero-order valence-corrected chi connectivity index (χ0v) is 22.7. The van der Waals surface area contributed by atoms with E-state index in [0.29, 0.717) is 34.2 Å². The summed E-state index contributed by atoms with van der Waals surface area (Å²) in [5, 5.41) is 0.544. The summed E-state index contributed by atoms with van der Waals surface area (Å²) in [5.74, 6) is 0.0307. The fourth-order valence-electron chi connectivity index (χ4n) is 5.85. The third-order valence-corrected chi connectivity index (χ3v) is 7.82. The molecule has 2 amide bonds. The van der Waals surface area contributed by atoms with Crippen molar-refractivity contribution in [1.82, 2.24) is 4.90 Å². The molecular weight excluding hydrogens is 532 g/mol. The molecule has 2 aliphatic heterocycles. The molecule has 3 heterocycles. The van der Waals surface area contributed by atoms with Gasteiger partial charge in [-0.15, -0.1) is 6.58 Å². The van der Waals surface area contributed by atoms with E-state index in [-0.39, 0.29) is 35.4 Å². The molecule has 1 unspecified atom stereocenters. The Kier molecular flexibility index (Phi) is 6.15. The number of carbonyl (C=O) groups is 2. The molecule has 8 nitrogen and oxygen atoms in total. The first-order chi connectivity index (χ1) is 19.4. The highest BCUT2D eigenvalue weighted by atomic mass is 35.5. The summed E-state index contributed by atoms with van der Waals surface area (Å²) in [7, 11) is 3.11. The summed E-state index contributed by atoms with van der Waals surface area (Å²) in [6.45, 7) is 4.13. The van der Waals surface area contributed by atoms with Gasteiger partial charge in [-0.3, -0.25) is 14.4 Å². The van der Waals surface area contributed by atoms with Crippen LogP contribution in [0.1, 0.15) is 27.2 Å². The van der Waals surface area contributed by atoms with Crippen LogP contribution in [0.15, 0.2) is 82.5 Å². The summed E-state index contributed by atoms with van der Waals surface area (Å²) >= 11 is 6.22. The van der Waals surface area contributed by atoms with Crippen molar-refractivity contribution < 1.29 is 23.5 Å². The van der Waals surface area contributed by atoms with Crippen LogP contribution in [0.3, 0.4) is 0 Å². The number of para-hydroxylation sites is 1. The first-order valence-electron chi connectivity index (χ1n) is 12.7. The molecule has 0 N–H and O–H groups in total. The molecule has 9 heteroatoms. The normalized spacial score (nSPS) is 17.5. The van der Waals surface area contributed by atoms with E-state index in [2.05, 4.69) is 6.58 Å². The third-order valence-electron chi connectivity index (χ3n) is 7.58. The Morgan fingerprint density at radius 1 is 1.00 bits per heavy atom. The van der Waals surface area contributed by atoms with Crippen LogP contribution in [0.2, 0.25) is 5.02 Å². The van der Waals surface area contributed by atoms with Gasteiger partial charge in [0, 0.05) is 23.7 Å². The molecule has 0 fully saturated rings. The maximum Gasteiger partial charge on any atom is 0.291 e. The average Bonchev–Trinajstić information content (AvgIpc) is 3.36. The number of benzene rings is 3. The molecule has 202 valence electrons. The van der Waals surface area contributed by atoms with E-state index in [0.717, 1.165) is 5.56 Å². The second kappa shape index (κ2) is 9.57. The average molecular weight is 557 g/mol. The molecule has 3 aromatic carbocycles. The third kappa shape index (κ3) is 3.49. The van der Waals surface area contributed by atoms with Crippen LogP contribution in [0, 0.1) is 0 Å². The SMILES string of the molecule is C=CCN1C(=O)C2(c3ccccc31)c1c(oc3ccc(Cl)cc3c1=O)C(=O)N2CCc1ccc(OC)c(OC)c1. The van der Waals surface area contributed by atoms with Crippen LogP contribution in [0.4, 0.5) is 5.69 Å². The van der Waals surface area contributed by atoms with Crippen molar-refractivity contribution in [3.05, 3.63) is 111 Å². The highest BCUT2D eigenvalue weighted by Gasteiger charge is 2.64.